The van der Waals surface area contributed by atoms with Crippen LogP contribution in [0.15, 0.2) is 4.99 Å². The molecule has 36 heavy (non-hydrogen) atoms. The fourth-order valence-corrected chi connectivity index (χ4v) is 5.52. The molecule has 0 aliphatic rings. The van der Waals surface area contributed by atoms with Gasteiger partial charge in [0.25, 0.3) is 0 Å². The Morgan fingerprint density at radius 1 is 0.556 bits per heavy atom. The lowest BCUT2D eigenvalue weighted by Crippen LogP contribution is -2.55. The van der Waals surface area contributed by atoms with Crippen molar-refractivity contribution in [2.75, 3.05) is 13.1 Å². The molecule has 0 heterocycles. The highest BCUT2D eigenvalue weighted by atomic mass is 15.4. The second kappa shape index (κ2) is 16.4. The Bertz CT molecular complexity index is 602. The van der Waals surface area contributed by atoms with Crippen LogP contribution in [-0.2, 0) is 0 Å². The Labute approximate surface area is 226 Å². The van der Waals surface area contributed by atoms with Crippen molar-refractivity contribution in [1.82, 2.24) is 20.0 Å². The van der Waals surface area contributed by atoms with Crippen LogP contribution in [0.4, 0.5) is 0 Å². The molecule has 6 nitrogen and oxygen atoms in total. The molecule has 0 amide bonds. The lowest BCUT2D eigenvalue weighted by Gasteiger charge is -2.43. The third-order valence-electron chi connectivity index (χ3n) is 6.52. The van der Waals surface area contributed by atoms with Gasteiger partial charge in [-0.15, -0.1) is 0 Å². The van der Waals surface area contributed by atoms with E-state index in [-0.39, 0.29) is 0 Å². The normalized spacial score (nSPS) is 12.1. The molecule has 0 aliphatic heterocycles. The van der Waals surface area contributed by atoms with Crippen molar-refractivity contribution >= 4 is 11.9 Å². The van der Waals surface area contributed by atoms with Crippen molar-refractivity contribution in [3.05, 3.63) is 0 Å². The van der Waals surface area contributed by atoms with Gasteiger partial charge in [0.15, 0.2) is 5.96 Å². The number of unbranched alkanes of at least 4 members (excludes halogenated alkanes) is 1. The molecule has 0 saturated carbocycles. The molecule has 1 N–H and O–H groups in total. The van der Waals surface area contributed by atoms with Crippen LogP contribution in [0, 0.1) is 0 Å². The number of nitrogens with zero attached hydrogens (tertiary/aromatic N) is 5. The molecule has 0 rings (SSSR count). The molecule has 0 unspecified atom stereocenters. The lowest BCUT2D eigenvalue weighted by molar-refractivity contribution is -0.594. The number of hydrogen-bond acceptors (Lipinski definition) is 1. The minimum Gasteiger partial charge on any atom is -0.338 e. The Morgan fingerprint density at radius 3 is 1.22 bits per heavy atom. The molecular formula is C30H65N6+. The summed E-state index contributed by atoms with van der Waals surface area (Å²) in [5, 5.41) is 3.85. The highest BCUT2D eigenvalue weighted by Gasteiger charge is 2.30. The van der Waals surface area contributed by atoms with E-state index < -0.39 is 0 Å². The summed E-state index contributed by atoms with van der Waals surface area (Å²) < 4.78 is 2.53. The number of rotatable bonds is 13. The van der Waals surface area contributed by atoms with E-state index in [1.54, 1.807) is 0 Å². The van der Waals surface area contributed by atoms with Gasteiger partial charge in [-0.05, 0) is 124 Å². The summed E-state index contributed by atoms with van der Waals surface area (Å²) in [7, 11) is 0. The van der Waals surface area contributed by atoms with Gasteiger partial charge in [0.2, 0.25) is 0 Å². The molecule has 0 aliphatic carbocycles. The Kier molecular flexibility index (Phi) is 15.7. The van der Waals surface area contributed by atoms with Gasteiger partial charge in [-0.3, -0.25) is 19.8 Å². The summed E-state index contributed by atoms with van der Waals surface area (Å²) in [4.78, 5) is 12.7. The first-order chi connectivity index (χ1) is 16.6. The summed E-state index contributed by atoms with van der Waals surface area (Å²) >= 11 is 0. The number of guanidine groups is 2. The highest BCUT2D eigenvalue weighted by Crippen LogP contribution is 2.16. The Balaban J connectivity index is 5.70. The molecule has 214 valence electrons. The standard InChI is InChI=1S/C30H64N6/c1-21(2)33(22(3)4)29(34(23(5)6)24(7)8)31-19-17-18-20-32-30(35(25(9)10)26(11)12)36(27(13)14)28(15)16/h21-28H,17-20H2,1-16H3/p+1. The highest BCUT2D eigenvalue weighted by molar-refractivity contribution is 5.81. The van der Waals surface area contributed by atoms with E-state index in [9.17, 15) is 0 Å². The van der Waals surface area contributed by atoms with Crippen molar-refractivity contribution in [1.29, 1.82) is 0 Å². The van der Waals surface area contributed by atoms with Crippen LogP contribution in [0.25, 0.3) is 0 Å². The van der Waals surface area contributed by atoms with Crippen LogP contribution >= 0.6 is 0 Å². The summed E-state index contributed by atoms with van der Waals surface area (Å²) in [6.07, 6.45) is 2.17. The van der Waals surface area contributed by atoms with Crippen LogP contribution in [0.5, 0.6) is 0 Å². The molecule has 0 fully saturated rings. The van der Waals surface area contributed by atoms with E-state index in [0.717, 1.165) is 31.9 Å². The molecule has 0 saturated heterocycles. The number of hydrogen-bond donors (Lipinski definition) is 1. The average molecular weight is 510 g/mol. The van der Waals surface area contributed by atoms with Gasteiger partial charge in [-0.1, -0.05) is 0 Å². The monoisotopic (exact) mass is 510 g/mol. The van der Waals surface area contributed by atoms with E-state index in [4.69, 9.17) is 4.99 Å². The van der Waals surface area contributed by atoms with E-state index in [1.807, 2.05) is 0 Å². The fourth-order valence-electron chi connectivity index (χ4n) is 5.52. The zero-order valence-electron chi connectivity index (χ0n) is 27.2. The van der Waals surface area contributed by atoms with E-state index in [2.05, 4.69) is 135 Å². The molecule has 0 aromatic rings. The topological polar surface area (TPSA) is 37.1 Å². The van der Waals surface area contributed by atoms with Crippen LogP contribution < -0.4 is 5.32 Å². The molecule has 0 aromatic heterocycles. The third-order valence-corrected chi connectivity index (χ3v) is 6.52. The third kappa shape index (κ3) is 10.5. The number of nitrogens with one attached hydrogen (secondary N) is 1. The summed E-state index contributed by atoms with van der Waals surface area (Å²) in [5.74, 6) is 2.42. The second-order valence-electron chi connectivity index (χ2n) is 12.5. The molecule has 0 spiro atoms. The molecule has 0 aromatic carbocycles. The van der Waals surface area contributed by atoms with Crippen LogP contribution in [0.2, 0.25) is 0 Å². The van der Waals surface area contributed by atoms with Gasteiger partial charge in [-0.25, -0.2) is 0 Å². The van der Waals surface area contributed by atoms with E-state index in [0.29, 0.717) is 48.3 Å². The van der Waals surface area contributed by atoms with Crippen molar-refractivity contribution < 1.29 is 4.58 Å². The van der Waals surface area contributed by atoms with Crippen molar-refractivity contribution in [3.63, 3.8) is 0 Å². The summed E-state index contributed by atoms with van der Waals surface area (Å²) in [5.41, 5.74) is 0. The smallest absolute Gasteiger partial charge is 0.338 e. The Morgan fingerprint density at radius 2 is 0.917 bits per heavy atom. The van der Waals surface area contributed by atoms with Crippen molar-refractivity contribution in [2.45, 2.75) is 172 Å². The predicted octanol–water partition coefficient (Wildman–Crippen LogP) is 6.25. The first-order valence-electron chi connectivity index (χ1n) is 14.8. The zero-order valence-corrected chi connectivity index (χ0v) is 27.2. The van der Waals surface area contributed by atoms with Gasteiger partial charge in [-0.2, -0.15) is 0 Å². The van der Waals surface area contributed by atoms with E-state index in [1.165, 1.54) is 5.96 Å². The van der Waals surface area contributed by atoms with Crippen LogP contribution in [0.3, 0.4) is 0 Å². The van der Waals surface area contributed by atoms with Gasteiger partial charge >= 0.3 is 5.96 Å². The number of aliphatic imine (C=N–C) groups is 1. The fraction of sp³-hybridized carbons (Fsp3) is 0.933. The summed E-state index contributed by atoms with van der Waals surface area (Å²) in [6, 6.07) is 3.42. The minimum atomic E-state index is 0.415. The minimum absolute atomic E-state index is 0.415. The maximum atomic E-state index is 5.22. The largest absolute Gasteiger partial charge is 0.348 e. The molecule has 6 heteroatoms. The first-order valence-corrected chi connectivity index (χ1v) is 14.8. The molecule has 0 bridgehead atoms. The maximum absolute atomic E-state index is 5.22. The van der Waals surface area contributed by atoms with Crippen molar-refractivity contribution in [2.24, 2.45) is 4.99 Å². The maximum Gasteiger partial charge on any atom is 0.348 e. The zero-order chi connectivity index (χ0) is 28.3. The van der Waals surface area contributed by atoms with Gasteiger partial charge in [0.1, 0.15) is 0 Å². The van der Waals surface area contributed by atoms with Gasteiger partial charge in [0.05, 0.1) is 30.7 Å². The van der Waals surface area contributed by atoms with Gasteiger partial charge < -0.3 is 9.80 Å². The molecule has 0 atom stereocenters. The molecular weight excluding hydrogens is 444 g/mol. The van der Waals surface area contributed by atoms with Crippen LogP contribution in [-0.4, -0.2) is 92.6 Å². The van der Waals surface area contributed by atoms with Crippen molar-refractivity contribution in [3.8, 4) is 0 Å². The SMILES string of the molecule is CC(C)N(C(=NCCCCNC(N(C(C)C)C(C)C)=[N+](C(C)C)C(C)C)N(C(C)C)C(C)C)C(C)C. The predicted molar refractivity (Wildman–Crippen MR) is 161 cm³/mol. The quantitative estimate of drug-likeness (QED) is 0.138. The first kappa shape index (κ1) is 34.5. The van der Waals surface area contributed by atoms with Gasteiger partial charge in [0, 0.05) is 30.7 Å². The molecule has 0 radical (unpaired) electrons. The average Bonchev–Trinajstić information content (AvgIpc) is 2.67. The summed E-state index contributed by atoms with van der Waals surface area (Å²) in [6.45, 7) is 38.4. The lowest BCUT2D eigenvalue weighted by atomic mass is 10.2. The van der Waals surface area contributed by atoms with Crippen LogP contribution in [0.1, 0.15) is 124 Å². The second-order valence-corrected chi connectivity index (χ2v) is 12.5. The Hall–Kier alpha value is -1.46. The van der Waals surface area contributed by atoms with E-state index >= 15 is 0 Å².